The van der Waals surface area contributed by atoms with E-state index < -0.39 is 5.82 Å². The topological polar surface area (TPSA) is 61.4 Å². The van der Waals surface area contributed by atoms with Crippen LogP contribution >= 0.6 is 0 Å². The number of nitrogens with one attached hydrogen (secondary N) is 2. The van der Waals surface area contributed by atoms with Gasteiger partial charge in [-0.05, 0) is 46.7 Å². The van der Waals surface area contributed by atoms with Gasteiger partial charge in [0.25, 0.3) is 5.91 Å². The molecule has 3 aromatic rings. The predicted molar refractivity (Wildman–Crippen MR) is 108 cm³/mol. The van der Waals surface area contributed by atoms with Crippen LogP contribution in [0.4, 0.5) is 9.18 Å². The summed E-state index contributed by atoms with van der Waals surface area (Å²) in [5.74, 6) is -0.697. The van der Waals surface area contributed by atoms with Gasteiger partial charge in [-0.15, -0.1) is 0 Å². The van der Waals surface area contributed by atoms with Crippen molar-refractivity contribution in [2.45, 2.75) is 6.54 Å². The normalized spacial score (nSPS) is 10.5. The van der Waals surface area contributed by atoms with Gasteiger partial charge < -0.3 is 15.5 Å². The van der Waals surface area contributed by atoms with Crippen molar-refractivity contribution < 1.29 is 14.0 Å². The average Bonchev–Trinajstić information content (AvgIpc) is 2.71. The summed E-state index contributed by atoms with van der Waals surface area (Å²) in [6.07, 6.45) is 0. The molecule has 2 N–H and O–H groups in total. The molecule has 0 aliphatic rings. The highest BCUT2D eigenvalue weighted by Crippen LogP contribution is 2.16. The van der Waals surface area contributed by atoms with Crippen molar-refractivity contribution in [3.8, 4) is 0 Å². The maximum absolute atomic E-state index is 12.9. The Hall–Kier alpha value is -3.41. The van der Waals surface area contributed by atoms with Gasteiger partial charge in [0.05, 0.1) is 0 Å². The number of amides is 3. The number of halogens is 1. The summed E-state index contributed by atoms with van der Waals surface area (Å²) in [6.45, 7) is 1.07. The number of nitrogens with zero attached hydrogens (tertiary/aromatic N) is 1. The molecular weight excluding hydrogens is 357 g/mol. The monoisotopic (exact) mass is 379 g/mol. The lowest BCUT2D eigenvalue weighted by Gasteiger charge is -2.18. The van der Waals surface area contributed by atoms with Crippen LogP contribution in [-0.2, 0) is 6.54 Å². The molecule has 0 saturated heterocycles. The summed E-state index contributed by atoms with van der Waals surface area (Å²) in [5, 5.41) is 7.75. The molecule has 0 aliphatic carbocycles. The number of urea groups is 1. The third-order valence-electron chi connectivity index (χ3n) is 4.37. The molecule has 3 aromatic carbocycles. The fourth-order valence-electron chi connectivity index (χ4n) is 2.87. The third-order valence-corrected chi connectivity index (χ3v) is 4.37. The van der Waals surface area contributed by atoms with Gasteiger partial charge in [-0.2, -0.15) is 0 Å². The molecular formula is C22H22FN3O2. The summed E-state index contributed by atoms with van der Waals surface area (Å²) >= 11 is 0. The second-order valence-electron chi connectivity index (χ2n) is 6.53. The van der Waals surface area contributed by atoms with E-state index in [1.165, 1.54) is 24.3 Å². The molecule has 3 rings (SSSR count). The maximum atomic E-state index is 12.9. The quantitative estimate of drug-likeness (QED) is 0.644. The van der Waals surface area contributed by atoms with E-state index in [0.717, 1.165) is 16.3 Å². The van der Waals surface area contributed by atoms with E-state index in [4.69, 9.17) is 0 Å². The lowest BCUT2D eigenvalue weighted by molar-refractivity contribution is 0.0953. The first-order chi connectivity index (χ1) is 13.5. The Bertz CT molecular complexity index is 973. The molecule has 0 saturated carbocycles. The van der Waals surface area contributed by atoms with Crippen LogP contribution in [0.15, 0.2) is 66.7 Å². The summed E-state index contributed by atoms with van der Waals surface area (Å²) in [5.41, 5.74) is 1.42. The van der Waals surface area contributed by atoms with E-state index in [2.05, 4.69) is 22.8 Å². The number of carbonyl (C=O) groups excluding carboxylic acids is 2. The number of rotatable bonds is 6. The van der Waals surface area contributed by atoms with Crippen LogP contribution in [0, 0.1) is 5.82 Å². The summed E-state index contributed by atoms with van der Waals surface area (Å²) in [7, 11) is 1.72. The van der Waals surface area contributed by atoms with Gasteiger partial charge in [0.2, 0.25) is 0 Å². The minimum Gasteiger partial charge on any atom is -0.350 e. The Morgan fingerprint density at radius 2 is 1.57 bits per heavy atom. The molecule has 5 nitrogen and oxygen atoms in total. The molecule has 0 bridgehead atoms. The van der Waals surface area contributed by atoms with Crippen molar-refractivity contribution in [2.75, 3.05) is 20.1 Å². The molecule has 0 atom stereocenters. The van der Waals surface area contributed by atoms with Gasteiger partial charge in [-0.3, -0.25) is 4.79 Å². The maximum Gasteiger partial charge on any atom is 0.317 e. The molecule has 0 fully saturated rings. The Balaban J connectivity index is 1.43. The van der Waals surface area contributed by atoms with Crippen LogP contribution in [0.1, 0.15) is 15.9 Å². The summed E-state index contributed by atoms with van der Waals surface area (Å²) < 4.78 is 12.9. The Labute approximate surface area is 163 Å². The summed E-state index contributed by atoms with van der Waals surface area (Å²) in [4.78, 5) is 25.7. The van der Waals surface area contributed by atoms with E-state index in [1.807, 2.05) is 30.3 Å². The van der Waals surface area contributed by atoms with Crippen molar-refractivity contribution in [1.82, 2.24) is 15.5 Å². The van der Waals surface area contributed by atoms with E-state index >= 15 is 0 Å². The predicted octanol–water partition coefficient (Wildman–Crippen LogP) is 3.55. The van der Waals surface area contributed by atoms with Crippen molar-refractivity contribution >= 4 is 22.7 Å². The Morgan fingerprint density at radius 1 is 0.893 bits per heavy atom. The van der Waals surface area contributed by atoms with Crippen LogP contribution in [0.3, 0.4) is 0 Å². The van der Waals surface area contributed by atoms with Crippen LogP contribution in [0.2, 0.25) is 0 Å². The molecule has 6 heteroatoms. The zero-order valence-electron chi connectivity index (χ0n) is 15.6. The van der Waals surface area contributed by atoms with Crippen LogP contribution in [0.5, 0.6) is 0 Å². The molecule has 3 amide bonds. The molecule has 144 valence electrons. The van der Waals surface area contributed by atoms with Crippen molar-refractivity contribution in [2.24, 2.45) is 0 Å². The van der Waals surface area contributed by atoms with Crippen LogP contribution in [0.25, 0.3) is 10.8 Å². The van der Waals surface area contributed by atoms with Crippen LogP contribution < -0.4 is 10.6 Å². The number of benzene rings is 3. The van der Waals surface area contributed by atoms with E-state index in [0.29, 0.717) is 18.7 Å². The minimum atomic E-state index is -0.390. The third kappa shape index (κ3) is 5.07. The lowest BCUT2D eigenvalue weighted by Crippen LogP contribution is -2.41. The van der Waals surface area contributed by atoms with E-state index in [1.54, 1.807) is 11.9 Å². The summed E-state index contributed by atoms with van der Waals surface area (Å²) in [6, 6.07) is 19.3. The van der Waals surface area contributed by atoms with Gasteiger partial charge in [0.15, 0.2) is 0 Å². The average molecular weight is 379 g/mol. The minimum absolute atomic E-state index is 0.218. The zero-order valence-corrected chi connectivity index (χ0v) is 15.6. The second kappa shape index (κ2) is 8.99. The molecule has 0 radical (unpaired) electrons. The molecule has 28 heavy (non-hydrogen) atoms. The highest BCUT2D eigenvalue weighted by atomic mass is 19.1. The molecule has 0 aliphatic heterocycles. The largest absolute Gasteiger partial charge is 0.350 e. The molecule has 0 unspecified atom stereocenters. The van der Waals surface area contributed by atoms with Gasteiger partial charge >= 0.3 is 6.03 Å². The Kier molecular flexibility index (Phi) is 6.22. The molecule has 0 heterocycles. The first-order valence-corrected chi connectivity index (χ1v) is 9.03. The standard InChI is InChI=1S/C22H22FN3O2/c1-26(15-16-6-7-17-4-2-3-5-19(17)14-16)22(28)25-13-12-24-21(27)18-8-10-20(23)11-9-18/h2-11,14H,12-13,15H2,1H3,(H,24,27)(H,25,28). The number of fused-ring (bicyclic) bond motifs is 1. The van der Waals surface area contributed by atoms with Crippen molar-refractivity contribution in [3.63, 3.8) is 0 Å². The zero-order chi connectivity index (χ0) is 19.9. The first-order valence-electron chi connectivity index (χ1n) is 9.03. The SMILES string of the molecule is CN(Cc1ccc2ccccc2c1)C(=O)NCCNC(=O)c1ccc(F)cc1. The van der Waals surface area contributed by atoms with Crippen molar-refractivity contribution in [3.05, 3.63) is 83.7 Å². The highest BCUT2D eigenvalue weighted by Gasteiger charge is 2.10. The second-order valence-corrected chi connectivity index (χ2v) is 6.53. The fraction of sp³-hybridized carbons (Fsp3) is 0.182. The lowest BCUT2D eigenvalue weighted by atomic mass is 10.1. The fourth-order valence-corrected chi connectivity index (χ4v) is 2.87. The highest BCUT2D eigenvalue weighted by molar-refractivity contribution is 5.94. The Morgan fingerprint density at radius 3 is 2.32 bits per heavy atom. The number of hydrogen-bond donors (Lipinski definition) is 2. The van der Waals surface area contributed by atoms with Gasteiger partial charge in [0, 0.05) is 32.2 Å². The van der Waals surface area contributed by atoms with E-state index in [9.17, 15) is 14.0 Å². The smallest absolute Gasteiger partial charge is 0.317 e. The first kappa shape index (κ1) is 19.4. The van der Waals surface area contributed by atoms with E-state index in [-0.39, 0.29) is 18.5 Å². The van der Waals surface area contributed by atoms with Crippen molar-refractivity contribution in [1.29, 1.82) is 0 Å². The molecule has 0 aromatic heterocycles. The van der Waals surface area contributed by atoms with Gasteiger partial charge in [-0.25, -0.2) is 9.18 Å². The van der Waals surface area contributed by atoms with Crippen LogP contribution in [-0.4, -0.2) is 37.0 Å². The van der Waals surface area contributed by atoms with Gasteiger partial charge in [0.1, 0.15) is 5.82 Å². The molecule has 0 spiro atoms. The van der Waals surface area contributed by atoms with Gasteiger partial charge in [-0.1, -0.05) is 36.4 Å². The number of hydrogen-bond acceptors (Lipinski definition) is 2. The number of carbonyl (C=O) groups is 2.